The summed E-state index contributed by atoms with van der Waals surface area (Å²) in [7, 11) is 1.81. The summed E-state index contributed by atoms with van der Waals surface area (Å²) < 4.78 is 18.5. The molecule has 4 heterocycles. The minimum absolute atomic E-state index is 0.280. The molecule has 0 saturated carbocycles. The summed E-state index contributed by atoms with van der Waals surface area (Å²) in [4.78, 5) is 19.9. The molecule has 0 bridgehead atoms. The molecule has 12 nitrogen and oxygen atoms in total. The Balaban J connectivity index is 1.17. The Bertz CT molecular complexity index is 1310. The van der Waals surface area contributed by atoms with Crippen molar-refractivity contribution in [1.82, 2.24) is 34.6 Å². The third-order valence-corrected chi connectivity index (χ3v) is 5.74. The van der Waals surface area contributed by atoms with E-state index in [2.05, 4.69) is 35.3 Å². The second-order valence-corrected chi connectivity index (χ2v) is 8.49. The highest BCUT2D eigenvalue weighted by Gasteiger charge is 2.11. The van der Waals surface area contributed by atoms with Crippen molar-refractivity contribution in [1.29, 1.82) is 0 Å². The average Bonchev–Trinajstić information content (AvgIpc) is 3.34. The fourth-order valence-corrected chi connectivity index (χ4v) is 3.80. The Hall–Kier alpha value is -4.29. The largest absolute Gasteiger partial charge is 0.489 e. The van der Waals surface area contributed by atoms with E-state index in [1.807, 2.05) is 31.3 Å². The maximum Gasteiger partial charge on any atom is 0.240 e. The molecule has 1 fully saturated rings. The molecule has 12 heteroatoms. The van der Waals surface area contributed by atoms with Gasteiger partial charge in [0.05, 0.1) is 44.2 Å². The first-order valence-corrected chi connectivity index (χ1v) is 12.0. The van der Waals surface area contributed by atoms with Crippen LogP contribution < -0.4 is 20.5 Å². The maximum atomic E-state index is 6.02. The highest BCUT2D eigenvalue weighted by atomic mass is 16.5. The van der Waals surface area contributed by atoms with Gasteiger partial charge in [0.1, 0.15) is 6.61 Å². The Morgan fingerprint density at radius 3 is 2.68 bits per heavy atom. The Morgan fingerprint density at radius 2 is 1.89 bits per heavy atom. The summed E-state index contributed by atoms with van der Waals surface area (Å²) in [5.41, 5.74) is 7.92. The van der Waals surface area contributed by atoms with Gasteiger partial charge in [-0.05, 0) is 11.6 Å². The first kappa shape index (κ1) is 24.4. The number of rotatable bonds is 10. The van der Waals surface area contributed by atoms with Gasteiger partial charge in [0.2, 0.25) is 5.88 Å². The van der Waals surface area contributed by atoms with E-state index in [4.69, 9.17) is 19.9 Å². The molecular weight excluding hydrogens is 474 g/mol. The normalized spacial score (nSPS) is 13.9. The topological polar surface area (TPSA) is 138 Å². The predicted octanol–water partition coefficient (Wildman–Crippen LogP) is 2.36. The number of nitrogens with zero attached hydrogens (tertiary/aromatic N) is 7. The Morgan fingerprint density at radius 1 is 1.05 bits per heavy atom. The smallest absolute Gasteiger partial charge is 0.240 e. The molecule has 3 N–H and O–H groups in total. The molecule has 37 heavy (non-hydrogen) atoms. The first-order chi connectivity index (χ1) is 18.1. The Kier molecular flexibility index (Phi) is 7.67. The van der Waals surface area contributed by atoms with Crippen LogP contribution in [0.5, 0.6) is 17.4 Å². The molecule has 3 aromatic heterocycles. The molecule has 0 aliphatic carbocycles. The van der Waals surface area contributed by atoms with Crippen LogP contribution in [-0.2, 0) is 18.3 Å². The van der Waals surface area contributed by atoms with Crippen molar-refractivity contribution in [3.8, 4) is 28.8 Å². The minimum Gasteiger partial charge on any atom is -0.489 e. The van der Waals surface area contributed by atoms with Gasteiger partial charge in [-0.2, -0.15) is 10.1 Å². The molecule has 0 radical (unpaired) electrons. The highest BCUT2D eigenvalue weighted by molar-refractivity contribution is 5.59. The van der Waals surface area contributed by atoms with Gasteiger partial charge < -0.3 is 25.3 Å². The van der Waals surface area contributed by atoms with Crippen LogP contribution in [0.15, 0.2) is 55.2 Å². The summed E-state index contributed by atoms with van der Waals surface area (Å²) in [5, 5.41) is 7.30. The lowest BCUT2D eigenvalue weighted by Gasteiger charge is -2.26. The quantitative estimate of drug-likeness (QED) is 0.330. The predicted molar refractivity (Wildman–Crippen MR) is 137 cm³/mol. The van der Waals surface area contributed by atoms with Crippen molar-refractivity contribution in [3.63, 3.8) is 0 Å². The maximum absolute atomic E-state index is 6.02. The fraction of sp³-hybridized carbons (Fsp3) is 0.320. The molecule has 5 rings (SSSR count). The van der Waals surface area contributed by atoms with E-state index in [0.717, 1.165) is 44.0 Å². The van der Waals surface area contributed by atoms with E-state index in [9.17, 15) is 0 Å². The van der Waals surface area contributed by atoms with Crippen LogP contribution in [0, 0.1) is 0 Å². The number of nitrogens with one attached hydrogen (secondary N) is 1. The standard InChI is InChI=1S/C25H29N9O3/c1-33-17-21(15-31-33)37-22-16-27-23(26)25(32-22)28-12-18-3-2-4-19(11-18)24-29-13-20(14-30-24)36-10-7-34-5-8-35-9-6-34/h2-4,11,13-17H,5-10,12H2,1H3,(H2,26,27)(H,28,32). The molecular formula is C25H29N9O3. The molecule has 0 amide bonds. The molecule has 192 valence electrons. The van der Waals surface area contributed by atoms with Crippen molar-refractivity contribution < 1.29 is 14.2 Å². The van der Waals surface area contributed by atoms with E-state index in [1.165, 1.54) is 6.20 Å². The van der Waals surface area contributed by atoms with Gasteiger partial charge >= 0.3 is 0 Å². The summed E-state index contributed by atoms with van der Waals surface area (Å²) in [5.74, 6) is 2.86. The number of aromatic nitrogens is 6. The molecule has 1 aromatic carbocycles. The van der Waals surface area contributed by atoms with E-state index in [1.54, 1.807) is 29.5 Å². The number of nitrogen functional groups attached to an aromatic ring is 1. The second kappa shape index (κ2) is 11.6. The van der Waals surface area contributed by atoms with Crippen molar-refractivity contribution >= 4 is 11.6 Å². The molecule has 1 aliphatic heterocycles. The van der Waals surface area contributed by atoms with Gasteiger partial charge in [-0.3, -0.25) is 9.58 Å². The summed E-state index contributed by atoms with van der Waals surface area (Å²) in [6.07, 6.45) is 8.22. The number of morpholine rings is 1. The van der Waals surface area contributed by atoms with Gasteiger partial charge in [0.25, 0.3) is 0 Å². The van der Waals surface area contributed by atoms with Crippen LogP contribution in [0.3, 0.4) is 0 Å². The fourth-order valence-electron chi connectivity index (χ4n) is 3.80. The average molecular weight is 504 g/mol. The second-order valence-electron chi connectivity index (χ2n) is 8.49. The molecule has 0 spiro atoms. The van der Waals surface area contributed by atoms with E-state index in [-0.39, 0.29) is 5.82 Å². The minimum atomic E-state index is 0.280. The van der Waals surface area contributed by atoms with Crippen molar-refractivity contribution in [2.75, 3.05) is 50.5 Å². The Labute approximate surface area is 214 Å². The van der Waals surface area contributed by atoms with Gasteiger partial charge in [-0.25, -0.2) is 15.0 Å². The lowest BCUT2D eigenvalue weighted by atomic mass is 10.1. The number of anilines is 2. The molecule has 1 aliphatic rings. The number of aryl methyl sites for hydroxylation is 1. The van der Waals surface area contributed by atoms with Crippen molar-refractivity contribution in [3.05, 3.63) is 60.8 Å². The zero-order chi connectivity index (χ0) is 25.5. The number of ether oxygens (including phenoxy) is 3. The molecule has 1 saturated heterocycles. The van der Waals surface area contributed by atoms with Crippen LogP contribution in [-0.4, -0.2) is 74.1 Å². The molecule has 0 atom stereocenters. The number of benzene rings is 1. The van der Waals surface area contributed by atoms with Gasteiger partial charge in [0, 0.05) is 38.8 Å². The lowest BCUT2D eigenvalue weighted by Crippen LogP contribution is -2.38. The zero-order valence-corrected chi connectivity index (χ0v) is 20.6. The number of nitrogens with two attached hydrogens (primary N) is 1. The third kappa shape index (κ3) is 6.68. The van der Waals surface area contributed by atoms with Crippen molar-refractivity contribution in [2.24, 2.45) is 7.05 Å². The highest BCUT2D eigenvalue weighted by Crippen LogP contribution is 2.23. The summed E-state index contributed by atoms with van der Waals surface area (Å²) >= 11 is 0. The SMILES string of the molecule is Cn1cc(Oc2cnc(N)c(NCc3cccc(-c4ncc(OCCN5CCOCC5)cn4)c3)n2)cn1. The number of hydrogen-bond donors (Lipinski definition) is 2. The van der Waals surface area contributed by atoms with E-state index < -0.39 is 0 Å². The molecule has 4 aromatic rings. The summed E-state index contributed by atoms with van der Waals surface area (Å²) in [6.45, 7) is 5.35. The van der Waals surface area contributed by atoms with Gasteiger partial charge in [-0.1, -0.05) is 18.2 Å². The van der Waals surface area contributed by atoms with Gasteiger partial charge in [-0.15, -0.1) is 0 Å². The zero-order valence-electron chi connectivity index (χ0n) is 20.6. The van der Waals surface area contributed by atoms with Crippen LogP contribution in [0.1, 0.15) is 5.56 Å². The monoisotopic (exact) mass is 503 g/mol. The van der Waals surface area contributed by atoms with Crippen LogP contribution in [0.25, 0.3) is 11.4 Å². The van der Waals surface area contributed by atoms with E-state index in [0.29, 0.717) is 42.2 Å². The van der Waals surface area contributed by atoms with Crippen LogP contribution >= 0.6 is 0 Å². The van der Waals surface area contributed by atoms with E-state index >= 15 is 0 Å². The molecule has 0 unspecified atom stereocenters. The van der Waals surface area contributed by atoms with Crippen molar-refractivity contribution in [2.45, 2.75) is 6.54 Å². The van der Waals surface area contributed by atoms with Crippen LogP contribution in [0.2, 0.25) is 0 Å². The van der Waals surface area contributed by atoms with Gasteiger partial charge in [0.15, 0.2) is 29.0 Å². The summed E-state index contributed by atoms with van der Waals surface area (Å²) in [6, 6.07) is 7.94. The third-order valence-electron chi connectivity index (χ3n) is 5.74. The lowest BCUT2D eigenvalue weighted by molar-refractivity contribution is 0.0322. The van der Waals surface area contributed by atoms with Crippen LogP contribution in [0.4, 0.5) is 11.6 Å². The number of hydrogen-bond acceptors (Lipinski definition) is 11. The first-order valence-electron chi connectivity index (χ1n) is 12.0.